The maximum Gasteiger partial charge on any atom is 0.241 e. The molecule has 1 unspecified atom stereocenters. The molecule has 104 valence electrons. The summed E-state index contributed by atoms with van der Waals surface area (Å²) in [5.41, 5.74) is 3.08. The van der Waals surface area contributed by atoms with Crippen LogP contribution in [0.5, 0.6) is 0 Å². The lowest BCUT2D eigenvalue weighted by atomic mass is 10.2. The van der Waals surface area contributed by atoms with Gasteiger partial charge < -0.3 is 5.32 Å². The Morgan fingerprint density at radius 1 is 1.45 bits per heavy atom. The predicted molar refractivity (Wildman–Crippen MR) is 78.5 cm³/mol. The zero-order valence-corrected chi connectivity index (χ0v) is 11.6. The number of H-pyrrole nitrogens is 1. The van der Waals surface area contributed by atoms with Crippen LogP contribution < -0.4 is 16.6 Å². The second-order valence-corrected chi connectivity index (χ2v) is 5.25. The second-order valence-electron chi connectivity index (χ2n) is 4.32. The number of rotatable bonds is 5. The summed E-state index contributed by atoms with van der Waals surface area (Å²) in [7, 11) is 0. The van der Waals surface area contributed by atoms with Gasteiger partial charge in [-0.05, 0) is 0 Å². The molecule has 0 fully saturated rings. The molecule has 0 aromatic carbocycles. The average Bonchev–Trinajstić information content (AvgIpc) is 3.14. The summed E-state index contributed by atoms with van der Waals surface area (Å²) >= 11 is 1.64. The molecular formula is C11H14N8S. The van der Waals surface area contributed by atoms with Crippen molar-refractivity contribution >= 4 is 34.1 Å². The lowest BCUT2D eigenvalue weighted by Gasteiger charge is -2.11. The molecule has 5 N–H and O–H groups in total. The number of hydrogen-bond donors (Lipinski definition) is 4. The smallest absolute Gasteiger partial charge is 0.241 e. The van der Waals surface area contributed by atoms with Crippen LogP contribution in [-0.2, 0) is 0 Å². The van der Waals surface area contributed by atoms with Gasteiger partial charge in [-0.2, -0.15) is 15.1 Å². The van der Waals surface area contributed by atoms with E-state index in [9.17, 15) is 0 Å². The summed E-state index contributed by atoms with van der Waals surface area (Å²) in [6, 6.07) is 0. The third kappa shape index (κ3) is 2.40. The minimum absolute atomic E-state index is 0.293. The lowest BCUT2D eigenvalue weighted by molar-refractivity contribution is 0.792. The second kappa shape index (κ2) is 5.39. The van der Waals surface area contributed by atoms with Crippen molar-refractivity contribution in [3.8, 4) is 0 Å². The van der Waals surface area contributed by atoms with Crippen LogP contribution in [0, 0.1) is 0 Å². The topological polar surface area (TPSA) is 117 Å². The number of nitrogens with two attached hydrogens (primary N) is 1. The van der Waals surface area contributed by atoms with E-state index < -0.39 is 0 Å². The molecule has 3 aromatic rings. The number of nitrogens with one attached hydrogen (secondary N) is 3. The molecule has 0 bridgehead atoms. The first-order chi connectivity index (χ1) is 9.78. The molecule has 0 aliphatic heterocycles. The minimum Gasteiger partial charge on any atom is -0.369 e. The number of aromatic amines is 1. The number of hydrogen-bond acceptors (Lipinski definition) is 8. The van der Waals surface area contributed by atoms with Gasteiger partial charge in [-0.15, -0.1) is 11.3 Å². The average molecular weight is 290 g/mol. The van der Waals surface area contributed by atoms with E-state index in [1.54, 1.807) is 17.5 Å². The van der Waals surface area contributed by atoms with Crippen molar-refractivity contribution in [2.24, 2.45) is 5.84 Å². The van der Waals surface area contributed by atoms with Crippen LogP contribution in [-0.4, -0.2) is 31.7 Å². The van der Waals surface area contributed by atoms with Crippen molar-refractivity contribution in [3.05, 3.63) is 22.8 Å². The molecule has 0 amide bonds. The number of nitrogens with zero attached hydrogens (tertiary/aromatic N) is 4. The Morgan fingerprint density at radius 3 is 3.10 bits per heavy atom. The number of nitrogen functional groups attached to an aromatic ring is 1. The highest BCUT2D eigenvalue weighted by molar-refractivity contribution is 7.09. The lowest BCUT2D eigenvalue weighted by Crippen LogP contribution is -2.14. The quantitative estimate of drug-likeness (QED) is 0.413. The van der Waals surface area contributed by atoms with E-state index in [-0.39, 0.29) is 0 Å². The highest BCUT2D eigenvalue weighted by atomic mass is 32.1. The molecule has 3 heterocycles. The number of aromatic nitrogens is 5. The van der Waals surface area contributed by atoms with Crippen LogP contribution in [0.4, 0.5) is 11.8 Å². The molecule has 0 aliphatic rings. The van der Waals surface area contributed by atoms with Crippen LogP contribution in [0.25, 0.3) is 11.0 Å². The molecule has 1 atom stereocenters. The fourth-order valence-electron chi connectivity index (χ4n) is 1.85. The van der Waals surface area contributed by atoms with Crippen molar-refractivity contribution in [2.45, 2.75) is 12.8 Å². The van der Waals surface area contributed by atoms with E-state index in [1.807, 2.05) is 11.6 Å². The molecule has 0 saturated heterocycles. The third-order valence-corrected chi connectivity index (χ3v) is 3.89. The monoisotopic (exact) mass is 290 g/mol. The molecular weight excluding hydrogens is 276 g/mol. The first-order valence-electron chi connectivity index (χ1n) is 6.09. The van der Waals surface area contributed by atoms with Crippen LogP contribution in [0.1, 0.15) is 17.8 Å². The molecule has 3 rings (SSSR count). The van der Waals surface area contributed by atoms with Gasteiger partial charge in [0.25, 0.3) is 0 Å². The first-order valence-corrected chi connectivity index (χ1v) is 6.97. The van der Waals surface area contributed by atoms with E-state index in [0.717, 1.165) is 16.9 Å². The van der Waals surface area contributed by atoms with E-state index in [0.29, 0.717) is 23.3 Å². The highest BCUT2D eigenvalue weighted by Crippen LogP contribution is 2.22. The summed E-state index contributed by atoms with van der Waals surface area (Å²) < 4.78 is 0. The predicted octanol–water partition coefficient (Wildman–Crippen LogP) is 1.31. The summed E-state index contributed by atoms with van der Waals surface area (Å²) in [4.78, 5) is 12.8. The van der Waals surface area contributed by atoms with Gasteiger partial charge in [-0.3, -0.25) is 10.5 Å². The van der Waals surface area contributed by atoms with Crippen molar-refractivity contribution < 1.29 is 0 Å². The third-order valence-electron chi connectivity index (χ3n) is 2.89. The van der Waals surface area contributed by atoms with Crippen molar-refractivity contribution in [1.82, 2.24) is 25.1 Å². The van der Waals surface area contributed by atoms with E-state index in [1.165, 1.54) is 0 Å². The van der Waals surface area contributed by atoms with Crippen LogP contribution >= 0.6 is 11.3 Å². The minimum atomic E-state index is 0.293. The fraction of sp³-hybridized carbons (Fsp3) is 0.273. The van der Waals surface area contributed by atoms with Crippen LogP contribution in [0.3, 0.4) is 0 Å². The maximum absolute atomic E-state index is 5.37. The maximum atomic E-state index is 5.37. The number of thiazole rings is 1. The normalized spacial score (nSPS) is 12.5. The largest absolute Gasteiger partial charge is 0.369 e. The van der Waals surface area contributed by atoms with Crippen LogP contribution in [0.15, 0.2) is 17.8 Å². The molecule has 8 nitrogen and oxygen atoms in total. The van der Waals surface area contributed by atoms with Gasteiger partial charge in [0.1, 0.15) is 5.82 Å². The Bertz CT molecular complexity index is 692. The van der Waals surface area contributed by atoms with E-state index >= 15 is 0 Å². The standard InChI is InChI=1S/C11H14N8S/c1-6(10-13-2-3-20-10)4-14-8-7-5-15-19-9(7)17-11(16-8)18-12/h2-3,5-6H,4,12H2,1H3,(H3,14,15,16,17,18,19). The Labute approximate surface area is 118 Å². The fourth-order valence-corrected chi connectivity index (χ4v) is 2.55. The molecule has 3 aromatic heterocycles. The number of anilines is 2. The van der Waals surface area contributed by atoms with Crippen molar-refractivity contribution in [2.75, 3.05) is 17.3 Å². The zero-order chi connectivity index (χ0) is 13.9. The summed E-state index contributed by atoms with van der Waals surface area (Å²) in [6.45, 7) is 2.83. The molecule has 0 saturated carbocycles. The van der Waals surface area contributed by atoms with Gasteiger partial charge in [0, 0.05) is 24.0 Å². The summed E-state index contributed by atoms with van der Waals surface area (Å²) in [5, 5.41) is 14.0. The van der Waals surface area contributed by atoms with Gasteiger partial charge in [0.05, 0.1) is 16.6 Å². The summed E-state index contributed by atoms with van der Waals surface area (Å²) in [6.07, 6.45) is 3.50. The zero-order valence-electron chi connectivity index (χ0n) is 10.8. The Morgan fingerprint density at radius 2 is 2.35 bits per heavy atom. The van der Waals surface area contributed by atoms with E-state index in [4.69, 9.17) is 5.84 Å². The van der Waals surface area contributed by atoms with Gasteiger partial charge >= 0.3 is 0 Å². The van der Waals surface area contributed by atoms with Crippen LogP contribution in [0.2, 0.25) is 0 Å². The van der Waals surface area contributed by atoms with Crippen molar-refractivity contribution in [3.63, 3.8) is 0 Å². The van der Waals surface area contributed by atoms with Gasteiger partial charge in [0.15, 0.2) is 5.65 Å². The molecule has 0 radical (unpaired) electrons. The molecule has 9 heteroatoms. The highest BCUT2D eigenvalue weighted by Gasteiger charge is 2.12. The molecule has 20 heavy (non-hydrogen) atoms. The number of hydrazine groups is 1. The number of fused-ring (bicyclic) bond motifs is 1. The van der Waals surface area contributed by atoms with Crippen molar-refractivity contribution in [1.29, 1.82) is 0 Å². The first kappa shape index (κ1) is 12.8. The van der Waals surface area contributed by atoms with E-state index in [2.05, 4.69) is 42.8 Å². The molecule has 0 spiro atoms. The summed E-state index contributed by atoms with van der Waals surface area (Å²) in [5.74, 6) is 6.69. The Hall–Kier alpha value is -2.26. The van der Waals surface area contributed by atoms with Gasteiger partial charge in [-0.1, -0.05) is 6.92 Å². The van der Waals surface area contributed by atoms with Gasteiger partial charge in [0.2, 0.25) is 5.95 Å². The van der Waals surface area contributed by atoms with Gasteiger partial charge in [-0.25, -0.2) is 10.8 Å². The Balaban J connectivity index is 1.81. The Kier molecular flexibility index (Phi) is 3.44. The molecule has 0 aliphatic carbocycles. The SMILES string of the molecule is CC(CNc1nc(NN)nc2[nH]ncc12)c1nccs1.